The van der Waals surface area contributed by atoms with Gasteiger partial charge >= 0.3 is 0 Å². The Morgan fingerprint density at radius 2 is 2.22 bits per heavy atom. The summed E-state index contributed by atoms with van der Waals surface area (Å²) in [5, 5.41) is 12.6. The molecule has 1 aliphatic carbocycles. The SMILES string of the molecule is N#CC1(CNc2ccc3c(c2)CCCO3)CCC1. The Kier molecular flexibility index (Phi) is 2.87. The van der Waals surface area contributed by atoms with Crippen LogP contribution in [-0.2, 0) is 6.42 Å². The van der Waals surface area contributed by atoms with Crippen LogP contribution in [0.5, 0.6) is 5.75 Å². The molecule has 0 saturated heterocycles. The molecule has 3 rings (SSSR count). The predicted octanol–water partition coefficient (Wildman–Crippen LogP) is 3.12. The fourth-order valence-corrected chi connectivity index (χ4v) is 2.67. The standard InChI is InChI=1S/C15H18N2O/c16-10-15(6-2-7-15)11-17-13-4-5-14-12(9-13)3-1-8-18-14/h4-5,9,17H,1-3,6-8,11H2. The van der Waals surface area contributed by atoms with Crippen molar-refractivity contribution in [3.05, 3.63) is 23.8 Å². The van der Waals surface area contributed by atoms with Gasteiger partial charge < -0.3 is 10.1 Å². The minimum Gasteiger partial charge on any atom is -0.493 e. The third-order valence-electron chi connectivity index (χ3n) is 4.09. The number of aryl methyl sites for hydroxylation is 1. The summed E-state index contributed by atoms with van der Waals surface area (Å²) in [6, 6.07) is 8.71. The van der Waals surface area contributed by atoms with Crippen LogP contribution in [-0.4, -0.2) is 13.2 Å². The summed E-state index contributed by atoms with van der Waals surface area (Å²) in [6.07, 6.45) is 5.44. The van der Waals surface area contributed by atoms with E-state index in [-0.39, 0.29) is 5.41 Å². The van der Waals surface area contributed by atoms with Gasteiger partial charge in [0.05, 0.1) is 18.1 Å². The number of nitrogens with one attached hydrogen (secondary N) is 1. The number of hydrogen-bond acceptors (Lipinski definition) is 3. The molecule has 1 saturated carbocycles. The summed E-state index contributed by atoms with van der Waals surface area (Å²) in [5.74, 6) is 1.02. The van der Waals surface area contributed by atoms with Crippen molar-refractivity contribution in [1.82, 2.24) is 0 Å². The molecule has 0 bridgehead atoms. The maximum absolute atomic E-state index is 9.20. The third kappa shape index (κ3) is 2.03. The van der Waals surface area contributed by atoms with Crippen molar-refractivity contribution < 1.29 is 4.74 Å². The molecule has 0 radical (unpaired) electrons. The summed E-state index contributed by atoms with van der Waals surface area (Å²) in [5.41, 5.74) is 2.28. The highest BCUT2D eigenvalue weighted by Gasteiger charge is 2.36. The molecule has 0 spiro atoms. The van der Waals surface area contributed by atoms with E-state index in [0.29, 0.717) is 0 Å². The number of hydrogen-bond donors (Lipinski definition) is 1. The van der Waals surface area contributed by atoms with Gasteiger partial charge in [-0.25, -0.2) is 0 Å². The van der Waals surface area contributed by atoms with Gasteiger partial charge in [0, 0.05) is 12.2 Å². The molecule has 3 nitrogen and oxygen atoms in total. The minimum absolute atomic E-state index is 0.119. The van der Waals surface area contributed by atoms with Gasteiger partial charge in [0.25, 0.3) is 0 Å². The van der Waals surface area contributed by atoms with Gasteiger partial charge in [-0.1, -0.05) is 6.42 Å². The van der Waals surface area contributed by atoms with E-state index in [1.54, 1.807) is 0 Å². The first-order valence-electron chi connectivity index (χ1n) is 6.72. The minimum atomic E-state index is -0.119. The zero-order chi connectivity index (χ0) is 12.4. The van der Waals surface area contributed by atoms with E-state index >= 15 is 0 Å². The van der Waals surface area contributed by atoms with E-state index in [4.69, 9.17) is 4.74 Å². The number of benzene rings is 1. The Balaban J connectivity index is 1.68. The lowest BCUT2D eigenvalue weighted by molar-refractivity contribution is 0.233. The highest BCUT2D eigenvalue weighted by Crippen LogP contribution is 2.40. The first-order chi connectivity index (χ1) is 8.81. The van der Waals surface area contributed by atoms with Crippen LogP contribution in [0.15, 0.2) is 18.2 Å². The second-order valence-corrected chi connectivity index (χ2v) is 5.37. The monoisotopic (exact) mass is 242 g/mol. The van der Waals surface area contributed by atoms with Crippen LogP contribution in [0.4, 0.5) is 5.69 Å². The van der Waals surface area contributed by atoms with Gasteiger partial charge in [-0.3, -0.25) is 0 Å². The molecule has 1 fully saturated rings. The van der Waals surface area contributed by atoms with Crippen LogP contribution in [0.2, 0.25) is 0 Å². The zero-order valence-corrected chi connectivity index (χ0v) is 10.5. The topological polar surface area (TPSA) is 45.0 Å². The van der Waals surface area contributed by atoms with Crippen LogP contribution in [0.1, 0.15) is 31.2 Å². The normalized spacial score (nSPS) is 19.9. The van der Waals surface area contributed by atoms with Crippen molar-refractivity contribution in [2.75, 3.05) is 18.5 Å². The maximum Gasteiger partial charge on any atom is 0.122 e. The number of ether oxygens (including phenoxy) is 1. The van der Waals surface area contributed by atoms with Gasteiger partial charge in [0.2, 0.25) is 0 Å². The molecule has 0 aromatic heterocycles. The van der Waals surface area contributed by atoms with Gasteiger partial charge in [0.15, 0.2) is 0 Å². The predicted molar refractivity (Wildman–Crippen MR) is 70.6 cm³/mol. The van der Waals surface area contributed by atoms with Crippen LogP contribution >= 0.6 is 0 Å². The largest absolute Gasteiger partial charge is 0.493 e. The smallest absolute Gasteiger partial charge is 0.122 e. The van der Waals surface area contributed by atoms with Gasteiger partial charge in [-0.05, 0) is 49.4 Å². The summed E-state index contributed by atoms with van der Waals surface area (Å²) in [7, 11) is 0. The van der Waals surface area contributed by atoms with Crippen molar-refractivity contribution >= 4 is 5.69 Å². The first kappa shape index (κ1) is 11.4. The van der Waals surface area contributed by atoms with Crippen LogP contribution in [0.25, 0.3) is 0 Å². The lowest BCUT2D eigenvalue weighted by atomic mass is 9.70. The Bertz CT molecular complexity index is 486. The van der Waals surface area contributed by atoms with Gasteiger partial charge in [0.1, 0.15) is 5.75 Å². The van der Waals surface area contributed by atoms with E-state index in [1.165, 1.54) is 12.0 Å². The average Bonchev–Trinajstić information content (AvgIpc) is 2.38. The van der Waals surface area contributed by atoms with Crippen LogP contribution in [0.3, 0.4) is 0 Å². The van der Waals surface area contributed by atoms with E-state index in [2.05, 4.69) is 17.5 Å². The van der Waals surface area contributed by atoms with Gasteiger partial charge in [-0.15, -0.1) is 0 Å². The van der Waals surface area contributed by atoms with Gasteiger partial charge in [-0.2, -0.15) is 5.26 Å². The molecule has 94 valence electrons. The number of anilines is 1. The summed E-state index contributed by atoms with van der Waals surface area (Å²) >= 11 is 0. The molecule has 1 heterocycles. The Morgan fingerprint density at radius 1 is 1.33 bits per heavy atom. The highest BCUT2D eigenvalue weighted by molar-refractivity contribution is 5.52. The second kappa shape index (κ2) is 4.53. The Morgan fingerprint density at radius 3 is 2.94 bits per heavy atom. The molecular formula is C15H18N2O. The van der Waals surface area contributed by atoms with E-state index < -0.39 is 0 Å². The number of fused-ring (bicyclic) bond motifs is 1. The van der Waals surface area contributed by atoms with Crippen molar-refractivity contribution in [3.8, 4) is 11.8 Å². The highest BCUT2D eigenvalue weighted by atomic mass is 16.5. The van der Waals surface area contributed by atoms with Crippen LogP contribution in [0, 0.1) is 16.7 Å². The second-order valence-electron chi connectivity index (χ2n) is 5.37. The fourth-order valence-electron chi connectivity index (χ4n) is 2.67. The molecule has 0 unspecified atom stereocenters. The van der Waals surface area contributed by atoms with Crippen molar-refractivity contribution in [2.24, 2.45) is 5.41 Å². The van der Waals surface area contributed by atoms with Crippen molar-refractivity contribution in [1.29, 1.82) is 5.26 Å². The molecule has 0 atom stereocenters. The van der Waals surface area contributed by atoms with Crippen LogP contribution < -0.4 is 10.1 Å². The van der Waals surface area contributed by atoms with E-state index in [1.807, 2.05) is 12.1 Å². The molecular weight excluding hydrogens is 224 g/mol. The molecule has 2 aliphatic rings. The van der Waals surface area contributed by atoms with Crippen molar-refractivity contribution in [2.45, 2.75) is 32.1 Å². The number of nitriles is 1. The van der Waals surface area contributed by atoms with E-state index in [9.17, 15) is 5.26 Å². The zero-order valence-electron chi connectivity index (χ0n) is 10.5. The first-order valence-corrected chi connectivity index (χ1v) is 6.72. The molecule has 1 aromatic rings. The van der Waals surface area contributed by atoms with Crippen molar-refractivity contribution in [3.63, 3.8) is 0 Å². The molecule has 3 heteroatoms. The summed E-state index contributed by atoms with van der Waals surface area (Å²) < 4.78 is 5.60. The summed E-state index contributed by atoms with van der Waals surface area (Å²) in [6.45, 7) is 1.60. The molecule has 1 N–H and O–H groups in total. The molecule has 1 aromatic carbocycles. The summed E-state index contributed by atoms with van der Waals surface area (Å²) in [4.78, 5) is 0. The number of nitrogens with zero attached hydrogens (tertiary/aromatic N) is 1. The quantitative estimate of drug-likeness (QED) is 0.885. The Hall–Kier alpha value is -1.69. The molecule has 1 aliphatic heterocycles. The van der Waals surface area contributed by atoms with E-state index in [0.717, 1.165) is 50.3 Å². The molecule has 18 heavy (non-hydrogen) atoms. The number of rotatable bonds is 3. The molecule has 0 amide bonds. The lowest BCUT2D eigenvalue weighted by Gasteiger charge is -2.35. The maximum atomic E-state index is 9.20. The average molecular weight is 242 g/mol. The third-order valence-corrected chi connectivity index (χ3v) is 4.09. The fraction of sp³-hybridized carbons (Fsp3) is 0.533. The lowest BCUT2D eigenvalue weighted by Crippen LogP contribution is -2.35. The Labute approximate surface area is 108 Å².